The lowest BCUT2D eigenvalue weighted by molar-refractivity contribution is -0.0176. The number of anilines is 1. The van der Waals surface area contributed by atoms with E-state index in [1.54, 1.807) is 12.1 Å². The Morgan fingerprint density at radius 1 is 1.61 bits per heavy atom. The molecule has 3 heterocycles. The quantitative estimate of drug-likeness (QED) is 0.755. The number of aromatic nitrogens is 5. The highest BCUT2D eigenvalue weighted by Gasteiger charge is 2.39. The van der Waals surface area contributed by atoms with Gasteiger partial charge in [-0.2, -0.15) is 0 Å². The molecule has 0 spiro atoms. The molecule has 1 fully saturated rings. The van der Waals surface area contributed by atoms with Gasteiger partial charge in [-0.05, 0) is 29.5 Å². The van der Waals surface area contributed by atoms with Gasteiger partial charge in [0.25, 0.3) is 0 Å². The van der Waals surface area contributed by atoms with Crippen molar-refractivity contribution in [3.05, 3.63) is 12.1 Å². The molecule has 96 valence electrons. The standard InChI is InChI=1S/C10H14N6O2/c1-7-10(17,4-5-18-7)6-11-8-2-3-9-12-14-15-16(9)13-8/h2-3,7,17H,4-6H2,1H3,(H,11,13). The van der Waals surface area contributed by atoms with Crippen molar-refractivity contribution in [3.63, 3.8) is 0 Å². The lowest BCUT2D eigenvalue weighted by Gasteiger charge is -2.26. The van der Waals surface area contributed by atoms with Crippen molar-refractivity contribution in [2.75, 3.05) is 18.5 Å². The Morgan fingerprint density at radius 2 is 2.50 bits per heavy atom. The van der Waals surface area contributed by atoms with Crippen LogP contribution in [-0.4, -0.2) is 55.2 Å². The minimum atomic E-state index is -0.850. The van der Waals surface area contributed by atoms with Crippen LogP contribution in [0, 0.1) is 0 Å². The number of tetrazole rings is 1. The summed E-state index contributed by atoms with van der Waals surface area (Å²) in [6.07, 6.45) is 0.440. The maximum absolute atomic E-state index is 10.3. The van der Waals surface area contributed by atoms with Crippen LogP contribution in [0.25, 0.3) is 5.65 Å². The van der Waals surface area contributed by atoms with Crippen LogP contribution >= 0.6 is 0 Å². The highest BCUT2D eigenvalue weighted by Crippen LogP contribution is 2.25. The van der Waals surface area contributed by atoms with E-state index in [0.29, 0.717) is 31.0 Å². The van der Waals surface area contributed by atoms with Crippen molar-refractivity contribution in [3.8, 4) is 0 Å². The minimum absolute atomic E-state index is 0.179. The van der Waals surface area contributed by atoms with Gasteiger partial charge in [-0.25, -0.2) is 0 Å². The van der Waals surface area contributed by atoms with E-state index in [2.05, 4.69) is 25.9 Å². The molecular formula is C10H14N6O2. The first kappa shape index (κ1) is 11.3. The third kappa shape index (κ3) is 1.89. The zero-order valence-electron chi connectivity index (χ0n) is 9.94. The van der Waals surface area contributed by atoms with Gasteiger partial charge >= 0.3 is 0 Å². The van der Waals surface area contributed by atoms with Crippen LogP contribution in [-0.2, 0) is 4.74 Å². The second kappa shape index (κ2) is 4.14. The average molecular weight is 250 g/mol. The normalized spacial score (nSPS) is 27.8. The van der Waals surface area contributed by atoms with E-state index < -0.39 is 5.60 Å². The van der Waals surface area contributed by atoms with Crippen molar-refractivity contribution in [1.82, 2.24) is 25.3 Å². The van der Waals surface area contributed by atoms with E-state index in [1.165, 1.54) is 4.63 Å². The Hall–Kier alpha value is -1.80. The molecule has 1 aliphatic rings. The van der Waals surface area contributed by atoms with Gasteiger partial charge in [0, 0.05) is 19.6 Å². The maximum atomic E-state index is 10.3. The number of nitrogens with zero attached hydrogens (tertiary/aromatic N) is 5. The molecule has 0 amide bonds. The molecule has 1 saturated heterocycles. The number of fused-ring (bicyclic) bond motifs is 1. The molecule has 18 heavy (non-hydrogen) atoms. The summed E-state index contributed by atoms with van der Waals surface area (Å²) in [6.45, 7) is 2.83. The number of hydrogen-bond acceptors (Lipinski definition) is 7. The molecule has 0 radical (unpaired) electrons. The van der Waals surface area contributed by atoms with E-state index in [4.69, 9.17) is 4.74 Å². The minimum Gasteiger partial charge on any atom is -0.385 e. The number of hydrogen-bond donors (Lipinski definition) is 2. The van der Waals surface area contributed by atoms with Crippen LogP contribution in [0.4, 0.5) is 5.82 Å². The summed E-state index contributed by atoms with van der Waals surface area (Å²) in [5, 5.41) is 28.6. The first-order chi connectivity index (χ1) is 8.67. The lowest BCUT2D eigenvalue weighted by atomic mass is 9.97. The molecular weight excluding hydrogens is 236 g/mol. The Kier molecular flexibility index (Phi) is 2.60. The van der Waals surface area contributed by atoms with Crippen molar-refractivity contribution in [2.24, 2.45) is 0 Å². The third-order valence-electron chi connectivity index (χ3n) is 3.30. The van der Waals surface area contributed by atoms with Gasteiger partial charge in [-0.15, -0.1) is 14.8 Å². The maximum Gasteiger partial charge on any atom is 0.200 e. The molecule has 2 aromatic rings. The lowest BCUT2D eigenvalue weighted by Crippen LogP contribution is -2.43. The molecule has 2 unspecified atom stereocenters. The Bertz CT molecular complexity index is 558. The summed E-state index contributed by atoms with van der Waals surface area (Å²) >= 11 is 0. The highest BCUT2D eigenvalue weighted by atomic mass is 16.5. The summed E-state index contributed by atoms with van der Waals surface area (Å²) in [5.74, 6) is 0.613. The molecule has 2 atom stereocenters. The fourth-order valence-corrected chi connectivity index (χ4v) is 1.99. The molecule has 2 aromatic heterocycles. The van der Waals surface area contributed by atoms with E-state index in [9.17, 15) is 5.11 Å². The van der Waals surface area contributed by atoms with Gasteiger partial charge in [0.1, 0.15) is 11.4 Å². The fraction of sp³-hybridized carbons (Fsp3) is 0.600. The largest absolute Gasteiger partial charge is 0.385 e. The first-order valence-corrected chi connectivity index (χ1v) is 5.81. The van der Waals surface area contributed by atoms with E-state index in [-0.39, 0.29) is 6.10 Å². The number of rotatable bonds is 3. The van der Waals surface area contributed by atoms with E-state index >= 15 is 0 Å². The predicted molar refractivity (Wildman–Crippen MR) is 62.0 cm³/mol. The van der Waals surface area contributed by atoms with Gasteiger partial charge in [0.15, 0.2) is 5.65 Å². The van der Waals surface area contributed by atoms with Crippen molar-refractivity contribution >= 4 is 11.5 Å². The molecule has 0 saturated carbocycles. The number of nitrogens with one attached hydrogen (secondary N) is 1. The number of ether oxygens (including phenoxy) is 1. The van der Waals surface area contributed by atoms with Crippen LogP contribution in [0.5, 0.6) is 0 Å². The van der Waals surface area contributed by atoms with Crippen molar-refractivity contribution in [1.29, 1.82) is 0 Å². The Morgan fingerprint density at radius 3 is 3.28 bits per heavy atom. The highest BCUT2D eigenvalue weighted by molar-refractivity contribution is 5.42. The summed E-state index contributed by atoms with van der Waals surface area (Å²) in [4.78, 5) is 0. The average Bonchev–Trinajstić information content (AvgIpc) is 2.95. The summed E-state index contributed by atoms with van der Waals surface area (Å²) in [7, 11) is 0. The SMILES string of the molecule is CC1OCCC1(O)CNc1ccc2nnnn2n1. The van der Waals surface area contributed by atoms with Gasteiger partial charge in [0.05, 0.1) is 6.10 Å². The van der Waals surface area contributed by atoms with Crippen molar-refractivity contribution in [2.45, 2.75) is 25.0 Å². The van der Waals surface area contributed by atoms with Gasteiger partial charge < -0.3 is 15.2 Å². The summed E-state index contributed by atoms with van der Waals surface area (Å²) in [6, 6.07) is 3.53. The second-order valence-electron chi connectivity index (χ2n) is 4.47. The van der Waals surface area contributed by atoms with Crippen LogP contribution in [0.2, 0.25) is 0 Å². The molecule has 2 N–H and O–H groups in total. The first-order valence-electron chi connectivity index (χ1n) is 5.81. The molecule has 8 nitrogen and oxygen atoms in total. The monoisotopic (exact) mass is 250 g/mol. The van der Waals surface area contributed by atoms with Gasteiger partial charge in [-0.1, -0.05) is 0 Å². The molecule has 1 aliphatic heterocycles. The third-order valence-corrected chi connectivity index (χ3v) is 3.30. The van der Waals surface area contributed by atoms with Crippen LogP contribution < -0.4 is 5.32 Å². The fourth-order valence-electron chi connectivity index (χ4n) is 1.99. The summed E-state index contributed by atoms with van der Waals surface area (Å²) < 4.78 is 6.70. The zero-order valence-corrected chi connectivity index (χ0v) is 9.94. The second-order valence-corrected chi connectivity index (χ2v) is 4.47. The summed E-state index contributed by atoms with van der Waals surface area (Å²) in [5.41, 5.74) is -0.270. The zero-order chi connectivity index (χ0) is 12.6. The molecule has 8 heteroatoms. The van der Waals surface area contributed by atoms with Crippen LogP contribution in [0.15, 0.2) is 12.1 Å². The van der Waals surface area contributed by atoms with Gasteiger partial charge in [0.2, 0.25) is 0 Å². The van der Waals surface area contributed by atoms with Crippen LogP contribution in [0.1, 0.15) is 13.3 Å². The molecule has 3 rings (SSSR count). The Labute approximate surface area is 103 Å². The molecule has 0 aliphatic carbocycles. The number of aliphatic hydroxyl groups is 1. The van der Waals surface area contributed by atoms with Crippen LogP contribution in [0.3, 0.4) is 0 Å². The smallest absolute Gasteiger partial charge is 0.200 e. The topological polar surface area (TPSA) is 97.5 Å². The van der Waals surface area contributed by atoms with Gasteiger partial charge in [-0.3, -0.25) is 0 Å². The predicted octanol–water partition coefficient (Wildman–Crippen LogP) is -0.529. The van der Waals surface area contributed by atoms with E-state index in [0.717, 1.165) is 0 Å². The molecule has 0 bridgehead atoms. The van der Waals surface area contributed by atoms with Crippen molar-refractivity contribution < 1.29 is 9.84 Å². The molecule has 0 aromatic carbocycles. The Balaban J connectivity index is 1.72. The van der Waals surface area contributed by atoms with E-state index in [1.807, 2.05) is 6.92 Å².